The first-order valence-electron chi connectivity index (χ1n) is 8.79. The van der Waals surface area contributed by atoms with E-state index in [0.717, 1.165) is 24.1 Å². The molecule has 1 fully saturated rings. The molecule has 3 aromatic rings. The summed E-state index contributed by atoms with van der Waals surface area (Å²) in [6.45, 7) is 2.14. The molecule has 0 spiro atoms. The number of fused-ring (bicyclic) bond motifs is 1. The molecular formula is C20H19N3O4. The number of ether oxygens (including phenoxy) is 1. The average Bonchev–Trinajstić information content (AvgIpc) is 3.48. The number of pyridine rings is 1. The van der Waals surface area contributed by atoms with E-state index >= 15 is 0 Å². The minimum Gasteiger partial charge on any atom is -0.465 e. The van der Waals surface area contributed by atoms with Crippen molar-refractivity contribution in [1.82, 2.24) is 15.5 Å². The summed E-state index contributed by atoms with van der Waals surface area (Å²) in [5.41, 5.74) is 3.82. The fourth-order valence-electron chi connectivity index (χ4n) is 3.04. The molecule has 4 rings (SSSR count). The van der Waals surface area contributed by atoms with Crippen LogP contribution in [0.15, 0.2) is 34.9 Å². The van der Waals surface area contributed by atoms with Gasteiger partial charge in [0, 0.05) is 18.2 Å². The Morgan fingerprint density at radius 2 is 2.00 bits per heavy atom. The van der Waals surface area contributed by atoms with Gasteiger partial charge in [-0.15, -0.1) is 0 Å². The van der Waals surface area contributed by atoms with Crippen molar-refractivity contribution >= 4 is 23.0 Å². The zero-order valence-corrected chi connectivity index (χ0v) is 15.1. The standard InChI is InChI=1S/C20H19N3O4/c1-11-17-15(9-16(13-7-8-13)22-19(17)27-23-11)18(24)21-10-12-3-5-14(6-4-12)20(25)26-2/h3-6,9,13H,7-8,10H2,1-2H3,(H,21,24). The maximum atomic E-state index is 12.8. The summed E-state index contributed by atoms with van der Waals surface area (Å²) in [7, 11) is 1.34. The topological polar surface area (TPSA) is 94.3 Å². The van der Waals surface area contributed by atoms with E-state index in [9.17, 15) is 9.59 Å². The molecule has 7 heteroatoms. The number of rotatable bonds is 5. The van der Waals surface area contributed by atoms with E-state index in [1.54, 1.807) is 31.2 Å². The average molecular weight is 365 g/mol. The van der Waals surface area contributed by atoms with Crippen LogP contribution >= 0.6 is 0 Å². The molecule has 2 heterocycles. The minimum atomic E-state index is -0.389. The number of nitrogens with one attached hydrogen (secondary N) is 1. The van der Waals surface area contributed by atoms with E-state index < -0.39 is 0 Å². The third-order valence-corrected chi connectivity index (χ3v) is 4.71. The third kappa shape index (κ3) is 3.40. The van der Waals surface area contributed by atoms with Gasteiger partial charge in [-0.1, -0.05) is 17.3 Å². The van der Waals surface area contributed by atoms with Crippen molar-refractivity contribution in [2.45, 2.75) is 32.2 Å². The maximum absolute atomic E-state index is 12.8. The molecule has 1 aromatic carbocycles. The van der Waals surface area contributed by atoms with Crippen molar-refractivity contribution in [2.75, 3.05) is 7.11 Å². The highest BCUT2D eigenvalue weighted by atomic mass is 16.5. The van der Waals surface area contributed by atoms with Gasteiger partial charge in [0.1, 0.15) is 0 Å². The molecule has 1 N–H and O–H groups in total. The number of esters is 1. The van der Waals surface area contributed by atoms with Crippen LogP contribution in [0.1, 0.15) is 56.4 Å². The number of hydrogen-bond donors (Lipinski definition) is 1. The lowest BCUT2D eigenvalue weighted by molar-refractivity contribution is 0.0600. The van der Waals surface area contributed by atoms with Gasteiger partial charge in [-0.2, -0.15) is 0 Å². The Labute approximate surface area is 155 Å². The molecule has 1 aliphatic rings. The lowest BCUT2D eigenvalue weighted by atomic mass is 10.1. The number of amides is 1. The molecule has 0 radical (unpaired) electrons. The second kappa shape index (κ2) is 6.83. The smallest absolute Gasteiger partial charge is 0.337 e. The van der Waals surface area contributed by atoms with Crippen LogP contribution in [0.5, 0.6) is 0 Å². The largest absolute Gasteiger partial charge is 0.465 e. The fourth-order valence-corrected chi connectivity index (χ4v) is 3.04. The van der Waals surface area contributed by atoms with Crippen LogP contribution in [0.3, 0.4) is 0 Å². The molecule has 2 aromatic heterocycles. The predicted octanol–water partition coefficient (Wildman–Crippen LogP) is 3.13. The molecule has 7 nitrogen and oxygen atoms in total. The number of carbonyl (C=O) groups is 2. The summed E-state index contributed by atoms with van der Waals surface area (Å²) in [5.74, 6) is -0.190. The van der Waals surface area contributed by atoms with Crippen LogP contribution < -0.4 is 5.32 Å². The Balaban J connectivity index is 1.54. The lowest BCUT2D eigenvalue weighted by Gasteiger charge is -2.08. The quantitative estimate of drug-likeness (QED) is 0.698. The Morgan fingerprint density at radius 1 is 1.26 bits per heavy atom. The highest BCUT2D eigenvalue weighted by Gasteiger charge is 2.28. The summed E-state index contributed by atoms with van der Waals surface area (Å²) in [5, 5.41) is 7.52. The molecule has 1 aliphatic carbocycles. The number of aromatic nitrogens is 2. The maximum Gasteiger partial charge on any atom is 0.337 e. The minimum absolute atomic E-state index is 0.201. The Kier molecular flexibility index (Phi) is 4.35. The molecule has 0 unspecified atom stereocenters. The van der Waals surface area contributed by atoms with Crippen LogP contribution in [0, 0.1) is 6.92 Å². The van der Waals surface area contributed by atoms with Crippen molar-refractivity contribution in [1.29, 1.82) is 0 Å². The summed E-state index contributed by atoms with van der Waals surface area (Å²) in [6.07, 6.45) is 2.17. The van der Waals surface area contributed by atoms with Crippen molar-refractivity contribution in [3.05, 3.63) is 58.4 Å². The second-order valence-electron chi connectivity index (χ2n) is 6.69. The molecule has 0 atom stereocenters. The molecule has 1 amide bonds. The number of methoxy groups -OCH3 is 1. The van der Waals surface area contributed by atoms with E-state index in [0.29, 0.717) is 40.4 Å². The molecule has 1 saturated carbocycles. The van der Waals surface area contributed by atoms with Gasteiger partial charge in [0.2, 0.25) is 0 Å². The van der Waals surface area contributed by atoms with Crippen molar-refractivity contribution in [3.63, 3.8) is 0 Å². The molecule has 138 valence electrons. The van der Waals surface area contributed by atoms with Gasteiger partial charge >= 0.3 is 5.97 Å². The summed E-state index contributed by atoms with van der Waals surface area (Å²) in [4.78, 5) is 28.8. The lowest BCUT2D eigenvalue weighted by Crippen LogP contribution is -2.23. The summed E-state index contributed by atoms with van der Waals surface area (Å²) >= 11 is 0. The van der Waals surface area contributed by atoms with Gasteiger partial charge in [-0.25, -0.2) is 9.78 Å². The van der Waals surface area contributed by atoms with Crippen molar-refractivity contribution < 1.29 is 18.8 Å². The molecule has 0 bridgehead atoms. The van der Waals surface area contributed by atoms with Gasteiger partial charge < -0.3 is 14.6 Å². The first-order valence-corrected chi connectivity index (χ1v) is 8.79. The molecule has 0 saturated heterocycles. The zero-order chi connectivity index (χ0) is 19.0. The van der Waals surface area contributed by atoms with Gasteiger partial charge in [-0.05, 0) is 43.5 Å². The highest BCUT2D eigenvalue weighted by molar-refractivity contribution is 6.06. The fraction of sp³-hybridized carbons (Fsp3) is 0.300. The summed E-state index contributed by atoms with van der Waals surface area (Å²) in [6, 6.07) is 8.77. The van der Waals surface area contributed by atoms with Gasteiger partial charge in [-0.3, -0.25) is 4.79 Å². The SMILES string of the molecule is COC(=O)c1ccc(CNC(=O)c2cc(C3CC3)nc3onc(C)c23)cc1. The van der Waals surface area contributed by atoms with Gasteiger partial charge in [0.05, 0.1) is 29.3 Å². The zero-order valence-electron chi connectivity index (χ0n) is 15.1. The van der Waals surface area contributed by atoms with Gasteiger partial charge in [0.25, 0.3) is 11.6 Å². The van der Waals surface area contributed by atoms with Crippen LogP contribution in [0.25, 0.3) is 11.1 Å². The normalized spacial score (nSPS) is 13.6. The Bertz CT molecular complexity index is 1020. The first-order chi connectivity index (χ1) is 13.1. The van der Waals surface area contributed by atoms with Crippen LogP contribution in [0.2, 0.25) is 0 Å². The Hall–Kier alpha value is -3.22. The Morgan fingerprint density at radius 3 is 2.67 bits per heavy atom. The van der Waals surface area contributed by atoms with E-state index in [2.05, 4.69) is 20.2 Å². The van der Waals surface area contributed by atoms with Crippen LogP contribution in [-0.4, -0.2) is 29.1 Å². The number of benzene rings is 1. The second-order valence-corrected chi connectivity index (χ2v) is 6.69. The summed E-state index contributed by atoms with van der Waals surface area (Å²) < 4.78 is 9.96. The number of nitrogens with zero attached hydrogens (tertiary/aromatic N) is 2. The van der Waals surface area contributed by atoms with Gasteiger partial charge in [0.15, 0.2) is 0 Å². The van der Waals surface area contributed by atoms with Crippen molar-refractivity contribution in [3.8, 4) is 0 Å². The van der Waals surface area contributed by atoms with E-state index in [1.165, 1.54) is 7.11 Å². The van der Waals surface area contributed by atoms with Crippen molar-refractivity contribution in [2.24, 2.45) is 0 Å². The number of carbonyl (C=O) groups excluding carboxylic acids is 2. The third-order valence-electron chi connectivity index (χ3n) is 4.71. The van der Waals surface area contributed by atoms with Crippen LogP contribution in [-0.2, 0) is 11.3 Å². The molecule has 27 heavy (non-hydrogen) atoms. The molecule has 0 aliphatic heterocycles. The van der Waals surface area contributed by atoms with E-state index in [-0.39, 0.29) is 11.9 Å². The van der Waals surface area contributed by atoms with E-state index in [4.69, 9.17) is 4.52 Å². The van der Waals surface area contributed by atoms with Crippen LogP contribution in [0.4, 0.5) is 0 Å². The molecular weight excluding hydrogens is 346 g/mol. The monoisotopic (exact) mass is 365 g/mol. The highest BCUT2D eigenvalue weighted by Crippen LogP contribution is 2.40. The number of hydrogen-bond acceptors (Lipinski definition) is 6. The number of aryl methyl sites for hydroxylation is 1. The first kappa shape index (κ1) is 17.2. The predicted molar refractivity (Wildman–Crippen MR) is 97.5 cm³/mol. The van der Waals surface area contributed by atoms with E-state index in [1.807, 2.05) is 6.07 Å².